The fourth-order valence-electron chi connectivity index (χ4n) is 7.60. The number of rotatable bonds is 16. The number of para-hydroxylation sites is 2. The first-order valence-electron chi connectivity index (χ1n) is 17.6. The number of amides is 3. The minimum absolute atomic E-state index is 0.154. The van der Waals surface area contributed by atoms with E-state index in [-0.39, 0.29) is 18.2 Å². The van der Waals surface area contributed by atoms with E-state index < -0.39 is 20.3 Å². The third-order valence-electron chi connectivity index (χ3n) is 10.0. The molecule has 0 saturated carbocycles. The molecule has 9 nitrogen and oxygen atoms in total. The second kappa shape index (κ2) is 16.1. The van der Waals surface area contributed by atoms with Crippen molar-refractivity contribution in [2.24, 2.45) is 0 Å². The fraction of sp³-hybridized carbons (Fsp3) is 0.462. The first kappa shape index (κ1) is 36.3. The van der Waals surface area contributed by atoms with Crippen molar-refractivity contribution in [1.82, 2.24) is 15.5 Å². The van der Waals surface area contributed by atoms with Crippen LogP contribution in [0.2, 0.25) is 16.6 Å². The molecule has 49 heavy (non-hydrogen) atoms. The Labute approximate surface area is 292 Å². The average molecular weight is 685 g/mol. The number of hydrogen-bond donors (Lipinski definition) is 3. The number of hydrogen-bond acceptors (Lipinski definition) is 7. The summed E-state index contributed by atoms with van der Waals surface area (Å²) in [5, 5.41) is 9.31. The first-order valence-corrected chi connectivity index (χ1v) is 19.8. The Morgan fingerprint density at radius 1 is 0.837 bits per heavy atom. The van der Waals surface area contributed by atoms with E-state index in [9.17, 15) is 14.4 Å². The number of nitrogens with one attached hydrogen (secondary N) is 3. The number of nitrogens with zero attached hydrogens (tertiary/aromatic N) is 1. The second-order valence-electron chi connectivity index (χ2n) is 14.2. The van der Waals surface area contributed by atoms with E-state index >= 15 is 0 Å². The van der Waals surface area contributed by atoms with Crippen molar-refractivity contribution in [3.63, 3.8) is 0 Å². The van der Waals surface area contributed by atoms with E-state index in [1.165, 1.54) is 5.56 Å². The Morgan fingerprint density at radius 2 is 1.49 bits per heavy atom. The number of fused-ring (bicyclic) bond motifs is 1. The first-order chi connectivity index (χ1) is 23.5. The molecule has 0 aliphatic carbocycles. The Kier molecular flexibility index (Phi) is 12.0. The van der Waals surface area contributed by atoms with Crippen LogP contribution >= 0.6 is 0 Å². The van der Waals surface area contributed by atoms with Gasteiger partial charge in [-0.3, -0.25) is 19.7 Å². The molecular weight excluding hydrogens is 633 g/mol. The van der Waals surface area contributed by atoms with E-state index in [0.29, 0.717) is 61.5 Å². The van der Waals surface area contributed by atoms with Gasteiger partial charge < -0.3 is 24.7 Å². The zero-order chi connectivity index (χ0) is 35.1. The van der Waals surface area contributed by atoms with Crippen LogP contribution in [0, 0.1) is 0 Å². The van der Waals surface area contributed by atoms with Gasteiger partial charge in [-0.2, -0.15) is 0 Å². The summed E-state index contributed by atoms with van der Waals surface area (Å²) in [4.78, 5) is 38.4. The van der Waals surface area contributed by atoms with Crippen molar-refractivity contribution in [2.75, 3.05) is 18.4 Å². The molecule has 0 radical (unpaired) electrons. The van der Waals surface area contributed by atoms with E-state index in [1.54, 1.807) is 4.90 Å². The van der Waals surface area contributed by atoms with Crippen molar-refractivity contribution in [2.45, 2.75) is 103 Å². The van der Waals surface area contributed by atoms with Crippen LogP contribution in [0.4, 0.5) is 5.69 Å². The van der Waals surface area contributed by atoms with Gasteiger partial charge in [0.2, 0.25) is 20.1 Å². The molecule has 1 fully saturated rings. The third-order valence-corrected chi connectivity index (χ3v) is 16.1. The van der Waals surface area contributed by atoms with Gasteiger partial charge in [0.05, 0.1) is 12.3 Å². The lowest BCUT2D eigenvalue weighted by Gasteiger charge is -2.42. The van der Waals surface area contributed by atoms with Crippen molar-refractivity contribution < 1.29 is 23.5 Å². The van der Waals surface area contributed by atoms with Crippen molar-refractivity contribution in [3.05, 3.63) is 94.5 Å². The molecular formula is C39H52N4O5Si. The minimum atomic E-state index is -1.91. The number of imide groups is 1. The maximum Gasteiger partial charge on any atom is 0.255 e. The molecule has 5 rings (SSSR count). The molecule has 2 aliphatic heterocycles. The summed E-state index contributed by atoms with van der Waals surface area (Å²) in [6.07, 6.45) is 0.610. The van der Waals surface area contributed by atoms with Crippen LogP contribution < -0.4 is 20.7 Å². The van der Waals surface area contributed by atoms with Crippen molar-refractivity contribution in [1.29, 1.82) is 0 Å². The molecule has 3 aromatic carbocycles. The summed E-state index contributed by atoms with van der Waals surface area (Å²) in [7, 11) is -1.91. The average Bonchev–Trinajstić information content (AvgIpc) is 3.39. The van der Waals surface area contributed by atoms with E-state index in [1.807, 2.05) is 42.5 Å². The molecule has 0 aromatic heterocycles. The monoisotopic (exact) mass is 684 g/mol. The van der Waals surface area contributed by atoms with Crippen LogP contribution in [-0.2, 0) is 40.3 Å². The summed E-state index contributed by atoms with van der Waals surface area (Å²) in [6.45, 7) is 17.5. The SMILES string of the molecule is CC(C)[Si](OCc1ccc(COc2ccccc2NCCNCc2ccc3c(c2)CN(C2CCC(=O)NC2=O)C3=O)cc1)(C(C)C)C(C)C. The topological polar surface area (TPSA) is 109 Å². The van der Waals surface area contributed by atoms with Gasteiger partial charge >= 0.3 is 0 Å². The molecule has 1 atom stereocenters. The predicted molar refractivity (Wildman–Crippen MR) is 196 cm³/mol. The lowest BCUT2D eigenvalue weighted by atomic mass is 10.0. The van der Waals surface area contributed by atoms with E-state index in [4.69, 9.17) is 9.16 Å². The number of piperidine rings is 1. The number of carbonyl (C=O) groups excluding carboxylic acids is 3. The van der Waals surface area contributed by atoms with E-state index in [0.717, 1.165) is 34.7 Å². The largest absolute Gasteiger partial charge is 0.487 e. The molecule has 2 heterocycles. The molecule has 0 bridgehead atoms. The van der Waals surface area contributed by atoms with Crippen molar-refractivity contribution in [3.8, 4) is 5.75 Å². The fourth-order valence-corrected chi connectivity index (χ4v) is 13.0. The van der Waals surface area contributed by atoms with Gasteiger partial charge in [-0.15, -0.1) is 0 Å². The Hall–Kier alpha value is -3.99. The molecule has 10 heteroatoms. The standard InChI is InChI=1S/C39H52N4O5Si/c1-26(2)49(27(3)4,28(5)6)48-25-30-13-11-29(12-14-30)24-47-36-10-8-7-9-34(36)41-20-19-40-22-31-15-16-33-32(21-31)23-43(39(33)46)35-17-18-37(44)42-38(35)45/h7-16,21,26-28,35,40-41H,17-20,22-25H2,1-6H3,(H,42,44,45). The lowest BCUT2D eigenvalue weighted by molar-refractivity contribution is -0.136. The maximum absolute atomic E-state index is 13.0. The van der Waals surface area contributed by atoms with Gasteiger partial charge in [-0.05, 0) is 63.5 Å². The number of anilines is 1. The molecule has 262 valence electrons. The quantitative estimate of drug-likeness (QED) is 0.0854. The number of benzene rings is 3. The molecule has 3 amide bonds. The summed E-state index contributed by atoms with van der Waals surface area (Å²) < 4.78 is 13.0. The van der Waals surface area contributed by atoms with Crippen LogP contribution in [0.1, 0.15) is 87.0 Å². The van der Waals surface area contributed by atoms with Crippen LogP contribution in [0.3, 0.4) is 0 Å². The zero-order valence-electron chi connectivity index (χ0n) is 29.8. The molecule has 3 aromatic rings. The smallest absolute Gasteiger partial charge is 0.255 e. The minimum Gasteiger partial charge on any atom is -0.487 e. The maximum atomic E-state index is 13.0. The molecule has 2 aliphatic rings. The highest BCUT2D eigenvalue weighted by molar-refractivity contribution is 6.77. The van der Waals surface area contributed by atoms with Crippen LogP contribution in [0.5, 0.6) is 5.75 Å². The summed E-state index contributed by atoms with van der Waals surface area (Å²) in [6, 6.07) is 21.8. The van der Waals surface area contributed by atoms with Crippen LogP contribution in [0.15, 0.2) is 66.7 Å². The highest BCUT2D eigenvalue weighted by atomic mass is 28.4. The van der Waals surface area contributed by atoms with Gasteiger partial charge in [0.1, 0.15) is 18.4 Å². The van der Waals surface area contributed by atoms with Crippen LogP contribution in [-0.4, -0.2) is 50.1 Å². The molecule has 1 unspecified atom stereocenters. The summed E-state index contributed by atoms with van der Waals surface area (Å²) in [5.74, 6) is -0.0234. The van der Waals surface area contributed by atoms with Crippen molar-refractivity contribution >= 4 is 31.7 Å². The summed E-state index contributed by atoms with van der Waals surface area (Å²) >= 11 is 0. The Balaban J connectivity index is 1.07. The van der Waals surface area contributed by atoms with Gasteiger partial charge in [0, 0.05) is 38.2 Å². The Morgan fingerprint density at radius 3 is 2.16 bits per heavy atom. The van der Waals surface area contributed by atoms with Gasteiger partial charge in [-0.1, -0.05) is 90.1 Å². The zero-order valence-corrected chi connectivity index (χ0v) is 30.8. The summed E-state index contributed by atoms with van der Waals surface area (Å²) in [5.41, 5.74) is 7.52. The molecule has 0 spiro atoms. The highest BCUT2D eigenvalue weighted by Crippen LogP contribution is 2.42. The normalized spacial score (nSPS) is 16.5. The highest BCUT2D eigenvalue weighted by Gasteiger charge is 2.45. The third kappa shape index (κ3) is 8.42. The molecule has 1 saturated heterocycles. The van der Waals surface area contributed by atoms with Gasteiger partial charge in [0.15, 0.2) is 0 Å². The Bertz CT molecular complexity index is 1600. The second-order valence-corrected chi connectivity index (χ2v) is 19.7. The van der Waals surface area contributed by atoms with E-state index in [2.05, 4.69) is 81.8 Å². The lowest BCUT2D eigenvalue weighted by Crippen LogP contribution is -2.52. The van der Waals surface area contributed by atoms with Gasteiger partial charge in [0.25, 0.3) is 5.91 Å². The predicted octanol–water partition coefficient (Wildman–Crippen LogP) is 6.92. The number of carbonyl (C=O) groups is 3. The molecule has 3 N–H and O–H groups in total. The van der Waals surface area contributed by atoms with Gasteiger partial charge in [-0.25, -0.2) is 0 Å². The van der Waals surface area contributed by atoms with Crippen LogP contribution in [0.25, 0.3) is 0 Å². The number of ether oxygens (including phenoxy) is 1.